The molecule has 33 heavy (non-hydrogen) atoms. The van der Waals surface area contributed by atoms with Crippen LogP contribution in [0.25, 0.3) is 16.5 Å². The summed E-state index contributed by atoms with van der Waals surface area (Å²) in [6, 6.07) is 12.9. The van der Waals surface area contributed by atoms with Crippen LogP contribution >= 0.6 is 11.6 Å². The van der Waals surface area contributed by atoms with Crippen molar-refractivity contribution < 1.29 is 23.1 Å². The molecule has 0 saturated heterocycles. The van der Waals surface area contributed by atoms with Gasteiger partial charge < -0.3 is 10.8 Å². The highest BCUT2D eigenvalue weighted by Crippen LogP contribution is 2.34. The SMILES string of the molecule is NC(=C(C(=O)c1ccc(F)cc1F)C(O)c1cncc2ccccc12)c1ccc(Cl)cc1F. The second kappa shape index (κ2) is 9.05. The summed E-state index contributed by atoms with van der Waals surface area (Å²) in [6.45, 7) is 0. The van der Waals surface area contributed by atoms with Gasteiger partial charge in [0, 0.05) is 40.0 Å². The van der Waals surface area contributed by atoms with Crippen molar-refractivity contribution in [3.05, 3.63) is 118 Å². The Kier molecular flexibility index (Phi) is 6.18. The number of aliphatic hydroxyl groups is 1. The first-order chi connectivity index (χ1) is 15.8. The Morgan fingerprint density at radius 3 is 2.36 bits per heavy atom. The Labute approximate surface area is 191 Å². The van der Waals surface area contributed by atoms with Crippen LogP contribution in [0.2, 0.25) is 5.02 Å². The molecule has 1 atom stereocenters. The Hall–Kier alpha value is -3.68. The number of aromatic nitrogens is 1. The monoisotopic (exact) mass is 468 g/mol. The van der Waals surface area contributed by atoms with E-state index in [1.165, 1.54) is 18.3 Å². The van der Waals surface area contributed by atoms with Crippen molar-refractivity contribution in [1.82, 2.24) is 4.98 Å². The summed E-state index contributed by atoms with van der Waals surface area (Å²) in [5, 5.41) is 12.6. The molecule has 4 aromatic rings. The quantitative estimate of drug-likeness (QED) is 0.295. The van der Waals surface area contributed by atoms with E-state index in [0.29, 0.717) is 16.8 Å². The number of nitrogens with two attached hydrogens (primary N) is 1. The van der Waals surface area contributed by atoms with E-state index in [0.717, 1.165) is 18.2 Å². The predicted molar refractivity (Wildman–Crippen MR) is 120 cm³/mol. The second-order valence-electron chi connectivity index (χ2n) is 7.26. The first-order valence-corrected chi connectivity index (χ1v) is 10.1. The number of hydrogen-bond donors (Lipinski definition) is 2. The number of Topliss-reactive ketones (excluding diaryl/α,β-unsaturated/α-hetero) is 1. The number of pyridine rings is 1. The smallest absolute Gasteiger partial charge is 0.197 e. The van der Waals surface area contributed by atoms with Gasteiger partial charge in [-0.25, -0.2) is 13.2 Å². The van der Waals surface area contributed by atoms with Crippen LogP contribution in [0.4, 0.5) is 13.2 Å². The number of hydrogen-bond acceptors (Lipinski definition) is 4. The normalized spacial score (nSPS) is 13.0. The zero-order chi connectivity index (χ0) is 23.7. The second-order valence-corrected chi connectivity index (χ2v) is 7.69. The fourth-order valence-corrected chi connectivity index (χ4v) is 3.74. The zero-order valence-electron chi connectivity index (χ0n) is 16.9. The number of fused-ring (bicyclic) bond motifs is 1. The molecule has 1 aromatic heterocycles. The molecule has 0 spiro atoms. The lowest BCUT2D eigenvalue weighted by Gasteiger charge is -2.20. The molecule has 166 valence electrons. The highest BCUT2D eigenvalue weighted by molar-refractivity contribution is 6.30. The molecular weight excluding hydrogens is 453 g/mol. The maximum absolute atomic E-state index is 14.7. The Balaban J connectivity index is 1.97. The molecule has 0 aliphatic rings. The third kappa shape index (κ3) is 4.33. The summed E-state index contributed by atoms with van der Waals surface area (Å²) >= 11 is 5.81. The van der Waals surface area contributed by atoms with E-state index in [1.807, 2.05) is 0 Å². The first-order valence-electron chi connectivity index (χ1n) is 9.73. The van der Waals surface area contributed by atoms with Gasteiger partial charge in [0.05, 0.1) is 16.8 Å². The van der Waals surface area contributed by atoms with Gasteiger partial charge in [0.15, 0.2) is 5.78 Å². The topological polar surface area (TPSA) is 76.2 Å². The summed E-state index contributed by atoms with van der Waals surface area (Å²) in [6.07, 6.45) is 1.21. The van der Waals surface area contributed by atoms with Gasteiger partial charge in [0.2, 0.25) is 0 Å². The molecule has 0 amide bonds. The molecule has 4 rings (SSSR count). The van der Waals surface area contributed by atoms with Gasteiger partial charge in [-0.05, 0) is 35.7 Å². The number of nitrogens with zero attached hydrogens (tertiary/aromatic N) is 1. The minimum atomic E-state index is -1.70. The van der Waals surface area contributed by atoms with E-state index in [-0.39, 0.29) is 16.1 Å². The Morgan fingerprint density at radius 2 is 1.64 bits per heavy atom. The Bertz CT molecular complexity index is 1420. The van der Waals surface area contributed by atoms with Crippen LogP contribution in [0.1, 0.15) is 27.6 Å². The van der Waals surface area contributed by atoms with E-state index in [1.54, 1.807) is 30.5 Å². The van der Waals surface area contributed by atoms with Crippen LogP contribution in [0.3, 0.4) is 0 Å². The van der Waals surface area contributed by atoms with Crippen molar-refractivity contribution in [1.29, 1.82) is 0 Å². The molecule has 1 unspecified atom stereocenters. The van der Waals surface area contributed by atoms with Crippen molar-refractivity contribution in [2.24, 2.45) is 5.73 Å². The number of ketones is 1. The van der Waals surface area contributed by atoms with E-state index < -0.39 is 46.2 Å². The van der Waals surface area contributed by atoms with Crippen LogP contribution in [0, 0.1) is 17.5 Å². The standard InChI is InChI=1S/C25H16ClF3N2O2/c26-14-5-7-17(20(28)9-14)23(30)22(24(32)18-8-6-15(27)10-21(18)29)25(33)19-12-31-11-13-3-1-2-4-16(13)19/h1-12,25,33H,30H2. The number of carbonyl (C=O) groups excluding carboxylic acids is 1. The third-order valence-corrected chi connectivity index (χ3v) is 5.43. The summed E-state index contributed by atoms with van der Waals surface area (Å²) < 4.78 is 42.5. The van der Waals surface area contributed by atoms with Gasteiger partial charge in [-0.2, -0.15) is 0 Å². The first kappa shape index (κ1) is 22.5. The fraction of sp³-hybridized carbons (Fsp3) is 0.0400. The average molecular weight is 469 g/mol. The van der Waals surface area contributed by atoms with Crippen LogP contribution in [-0.4, -0.2) is 15.9 Å². The van der Waals surface area contributed by atoms with Crippen LogP contribution < -0.4 is 5.73 Å². The van der Waals surface area contributed by atoms with Gasteiger partial charge in [-0.3, -0.25) is 9.78 Å². The molecule has 3 N–H and O–H groups in total. The van der Waals surface area contributed by atoms with Crippen molar-refractivity contribution in [3.8, 4) is 0 Å². The lowest BCUT2D eigenvalue weighted by atomic mass is 9.89. The summed E-state index contributed by atoms with van der Waals surface area (Å²) in [4.78, 5) is 17.5. The lowest BCUT2D eigenvalue weighted by molar-refractivity contribution is 0.0985. The van der Waals surface area contributed by atoms with E-state index >= 15 is 0 Å². The summed E-state index contributed by atoms with van der Waals surface area (Å²) in [7, 11) is 0. The van der Waals surface area contributed by atoms with Crippen LogP contribution in [0.5, 0.6) is 0 Å². The van der Waals surface area contributed by atoms with Gasteiger partial charge >= 0.3 is 0 Å². The molecule has 0 radical (unpaired) electrons. The van der Waals surface area contributed by atoms with Crippen LogP contribution in [-0.2, 0) is 0 Å². The highest BCUT2D eigenvalue weighted by Gasteiger charge is 2.29. The van der Waals surface area contributed by atoms with Gasteiger partial charge in [0.25, 0.3) is 0 Å². The highest BCUT2D eigenvalue weighted by atomic mass is 35.5. The maximum atomic E-state index is 14.7. The molecule has 0 aliphatic heterocycles. The largest absolute Gasteiger partial charge is 0.398 e. The minimum Gasteiger partial charge on any atom is -0.398 e. The molecule has 0 aliphatic carbocycles. The maximum Gasteiger partial charge on any atom is 0.197 e. The molecule has 0 saturated carbocycles. The number of halogens is 4. The number of aliphatic hydroxyl groups excluding tert-OH is 1. The molecule has 3 aromatic carbocycles. The van der Waals surface area contributed by atoms with E-state index in [2.05, 4.69) is 4.98 Å². The molecule has 0 fully saturated rings. The summed E-state index contributed by atoms with van der Waals surface area (Å²) in [5.74, 6) is -3.90. The van der Waals surface area contributed by atoms with Crippen molar-refractivity contribution in [2.75, 3.05) is 0 Å². The molecule has 4 nitrogen and oxygen atoms in total. The van der Waals surface area contributed by atoms with Gasteiger partial charge in [-0.15, -0.1) is 0 Å². The molecule has 1 heterocycles. The van der Waals surface area contributed by atoms with Crippen LogP contribution in [0.15, 0.2) is 78.6 Å². The van der Waals surface area contributed by atoms with Gasteiger partial charge in [-0.1, -0.05) is 35.9 Å². The molecule has 0 bridgehead atoms. The Morgan fingerprint density at radius 1 is 0.939 bits per heavy atom. The average Bonchev–Trinajstić information content (AvgIpc) is 2.78. The minimum absolute atomic E-state index is 0.0975. The number of carbonyl (C=O) groups is 1. The lowest BCUT2D eigenvalue weighted by Crippen LogP contribution is -2.19. The van der Waals surface area contributed by atoms with E-state index in [4.69, 9.17) is 17.3 Å². The van der Waals surface area contributed by atoms with Crippen molar-refractivity contribution in [2.45, 2.75) is 6.10 Å². The zero-order valence-corrected chi connectivity index (χ0v) is 17.7. The van der Waals surface area contributed by atoms with Crippen molar-refractivity contribution >= 4 is 33.9 Å². The number of rotatable bonds is 5. The predicted octanol–water partition coefficient (Wildman–Crippen LogP) is 5.59. The summed E-state index contributed by atoms with van der Waals surface area (Å²) in [5.41, 5.74) is 4.75. The van der Waals surface area contributed by atoms with E-state index in [9.17, 15) is 23.1 Å². The van der Waals surface area contributed by atoms with Gasteiger partial charge in [0.1, 0.15) is 23.6 Å². The van der Waals surface area contributed by atoms with Crippen molar-refractivity contribution in [3.63, 3.8) is 0 Å². The molecular formula is C25H16ClF3N2O2. The third-order valence-electron chi connectivity index (χ3n) is 5.20. The molecule has 8 heteroatoms. The fourth-order valence-electron chi connectivity index (χ4n) is 3.58. The number of benzene rings is 3.